The fraction of sp³-hybridized carbons (Fsp3) is 0.300. The predicted octanol–water partition coefficient (Wildman–Crippen LogP) is 3.34. The molecule has 0 bridgehead atoms. The van der Waals surface area contributed by atoms with Crippen LogP contribution in [0, 0.1) is 11.6 Å². The Hall–Kier alpha value is -0.690. The molecule has 0 aliphatic carbocycles. The predicted molar refractivity (Wildman–Crippen MR) is 64.5 cm³/mol. The molecule has 7 heteroatoms. The molecule has 1 unspecified atom stereocenters. The van der Waals surface area contributed by atoms with Gasteiger partial charge < -0.3 is 9.84 Å². The largest absolute Gasteiger partial charge is 0.479 e. The summed E-state index contributed by atoms with van der Waals surface area (Å²) in [6.45, 7) is 0. The van der Waals surface area contributed by atoms with Crippen LogP contribution >= 0.6 is 31.9 Å². The molecule has 0 amide bonds. The third-order valence-corrected chi connectivity index (χ3v) is 2.99. The number of ether oxygens (including phenoxy) is 1. The quantitative estimate of drug-likeness (QED) is 0.636. The van der Waals surface area contributed by atoms with E-state index in [9.17, 15) is 13.6 Å². The van der Waals surface area contributed by atoms with Crippen molar-refractivity contribution in [3.63, 3.8) is 0 Å². The number of hydrogen-bond acceptors (Lipinski definition) is 2. The van der Waals surface area contributed by atoms with E-state index < -0.39 is 29.5 Å². The maximum Gasteiger partial charge on any atom is 0.344 e. The van der Waals surface area contributed by atoms with E-state index in [-0.39, 0.29) is 10.9 Å². The second-order valence-electron chi connectivity index (χ2n) is 3.10. The Morgan fingerprint density at radius 2 is 2.06 bits per heavy atom. The van der Waals surface area contributed by atoms with Gasteiger partial charge in [-0.1, -0.05) is 15.9 Å². The average Bonchev–Trinajstić information content (AvgIpc) is 2.28. The average molecular weight is 374 g/mol. The van der Waals surface area contributed by atoms with Gasteiger partial charge in [-0.05, 0) is 28.1 Å². The molecule has 1 rings (SSSR count). The molecule has 0 spiro atoms. The van der Waals surface area contributed by atoms with Crippen LogP contribution in [0.5, 0.6) is 5.75 Å². The first-order chi connectivity index (χ1) is 7.97. The third-order valence-electron chi connectivity index (χ3n) is 1.92. The molecule has 1 atom stereocenters. The minimum atomic E-state index is -1.23. The van der Waals surface area contributed by atoms with Gasteiger partial charge in [-0.25, -0.2) is 9.18 Å². The van der Waals surface area contributed by atoms with E-state index in [0.29, 0.717) is 5.33 Å². The van der Waals surface area contributed by atoms with Gasteiger partial charge in [0.25, 0.3) is 0 Å². The Bertz CT molecular complexity index is 426. The summed E-state index contributed by atoms with van der Waals surface area (Å²) in [4.78, 5) is 10.8. The maximum atomic E-state index is 13.4. The van der Waals surface area contributed by atoms with Crippen LogP contribution in [0.4, 0.5) is 8.78 Å². The molecule has 0 aromatic heterocycles. The van der Waals surface area contributed by atoms with E-state index in [1.165, 1.54) is 12.1 Å². The van der Waals surface area contributed by atoms with Gasteiger partial charge in [-0.3, -0.25) is 0 Å². The van der Waals surface area contributed by atoms with Gasteiger partial charge in [0, 0.05) is 11.8 Å². The number of hydrogen-bond donors (Lipinski definition) is 1. The number of halogens is 4. The van der Waals surface area contributed by atoms with Crippen LogP contribution in [0.15, 0.2) is 16.6 Å². The van der Waals surface area contributed by atoms with Gasteiger partial charge in [0.15, 0.2) is 17.7 Å². The molecular formula is C10H8Br2F2O3. The standard InChI is InChI=1S/C10H8Br2F2O3/c11-4-3-7(10(15)16)17-6-2-1-5(12)8(13)9(6)14/h1-2,7H,3-4H2,(H,15,16). The highest BCUT2D eigenvalue weighted by molar-refractivity contribution is 9.10. The van der Waals surface area contributed by atoms with E-state index in [0.717, 1.165) is 0 Å². The minimum absolute atomic E-state index is 0.0466. The van der Waals surface area contributed by atoms with Gasteiger partial charge in [-0.2, -0.15) is 4.39 Å². The van der Waals surface area contributed by atoms with Crippen LogP contribution < -0.4 is 4.74 Å². The summed E-state index contributed by atoms with van der Waals surface area (Å²) in [5.74, 6) is -3.96. The highest BCUT2D eigenvalue weighted by atomic mass is 79.9. The first-order valence-electron chi connectivity index (χ1n) is 4.56. The lowest BCUT2D eigenvalue weighted by Gasteiger charge is -2.14. The number of alkyl halides is 1. The Labute approximate surface area is 113 Å². The molecular weight excluding hydrogens is 366 g/mol. The molecule has 94 valence electrons. The van der Waals surface area contributed by atoms with Gasteiger partial charge in [0.2, 0.25) is 5.82 Å². The Morgan fingerprint density at radius 1 is 1.41 bits per heavy atom. The fourth-order valence-corrected chi connectivity index (χ4v) is 1.81. The minimum Gasteiger partial charge on any atom is -0.479 e. The number of benzene rings is 1. The van der Waals surface area contributed by atoms with Gasteiger partial charge >= 0.3 is 5.97 Å². The van der Waals surface area contributed by atoms with E-state index in [1.807, 2.05) is 0 Å². The van der Waals surface area contributed by atoms with Gasteiger partial charge in [0.1, 0.15) is 0 Å². The van der Waals surface area contributed by atoms with Gasteiger partial charge in [-0.15, -0.1) is 0 Å². The lowest BCUT2D eigenvalue weighted by Crippen LogP contribution is -2.27. The Kier molecular flexibility index (Phi) is 5.32. The van der Waals surface area contributed by atoms with E-state index in [1.54, 1.807) is 0 Å². The van der Waals surface area contributed by atoms with Crippen molar-refractivity contribution in [1.29, 1.82) is 0 Å². The van der Waals surface area contributed by atoms with Crippen molar-refractivity contribution in [2.24, 2.45) is 0 Å². The van der Waals surface area contributed by atoms with Crippen LogP contribution in [-0.4, -0.2) is 22.5 Å². The summed E-state index contributed by atoms with van der Waals surface area (Å²) in [5, 5.41) is 9.19. The van der Waals surface area contributed by atoms with Crippen molar-refractivity contribution in [2.75, 3.05) is 5.33 Å². The molecule has 0 heterocycles. The summed E-state index contributed by atoms with van der Waals surface area (Å²) in [5.41, 5.74) is 0. The van der Waals surface area contributed by atoms with Crippen LogP contribution in [-0.2, 0) is 4.79 Å². The lowest BCUT2D eigenvalue weighted by atomic mass is 10.2. The number of carboxylic acid groups (broad SMARTS) is 1. The number of carboxylic acids is 1. The smallest absolute Gasteiger partial charge is 0.344 e. The van der Waals surface area contributed by atoms with E-state index >= 15 is 0 Å². The summed E-state index contributed by atoms with van der Waals surface area (Å²) in [6.07, 6.45) is -1.07. The molecule has 1 aromatic rings. The zero-order chi connectivity index (χ0) is 13.0. The third kappa shape index (κ3) is 3.64. The number of carbonyl (C=O) groups is 1. The zero-order valence-corrected chi connectivity index (χ0v) is 11.6. The molecule has 0 saturated heterocycles. The summed E-state index contributed by atoms with van der Waals surface area (Å²) < 4.78 is 31.4. The molecule has 0 saturated carbocycles. The van der Waals surface area contributed by atoms with Crippen molar-refractivity contribution < 1.29 is 23.4 Å². The molecule has 1 aromatic carbocycles. The second-order valence-corrected chi connectivity index (χ2v) is 4.74. The van der Waals surface area contributed by atoms with Crippen LogP contribution in [0.25, 0.3) is 0 Å². The summed E-state index contributed by atoms with van der Waals surface area (Å²) >= 11 is 5.87. The molecule has 0 aliphatic heterocycles. The molecule has 1 N–H and O–H groups in total. The SMILES string of the molecule is O=C(O)C(CCBr)Oc1ccc(Br)c(F)c1F. The van der Waals surface area contributed by atoms with Crippen molar-refractivity contribution in [2.45, 2.75) is 12.5 Å². The van der Waals surface area contributed by atoms with Crippen LogP contribution in [0.1, 0.15) is 6.42 Å². The Morgan fingerprint density at radius 3 is 2.59 bits per heavy atom. The van der Waals surface area contributed by atoms with Crippen LogP contribution in [0.3, 0.4) is 0 Å². The lowest BCUT2D eigenvalue weighted by molar-refractivity contribution is -0.145. The van der Waals surface area contributed by atoms with Crippen molar-refractivity contribution in [1.82, 2.24) is 0 Å². The number of rotatable bonds is 5. The second kappa shape index (κ2) is 6.30. The summed E-state index contributed by atoms with van der Waals surface area (Å²) in [6, 6.07) is 2.42. The fourth-order valence-electron chi connectivity index (χ4n) is 1.08. The summed E-state index contributed by atoms with van der Waals surface area (Å²) in [7, 11) is 0. The topological polar surface area (TPSA) is 46.5 Å². The zero-order valence-electron chi connectivity index (χ0n) is 8.42. The molecule has 0 radical (unpaired) electrons. The maximum absolute atomic E-state index is 13.4. The molecule has 3 nitrogen and oxygen atoms in total. The van der Waals surface area contributed by atoms with E-state index in [2.05, 4.69) is 31.9 Å². The van der Waals surface area contributed by atoms with Crippen molar-refractivity contribution in [3.8, 4) is 5.75 Å². The van der Waals surface area contributed by atoms with E-state index in [4.69, 9.17) is 9.84 Å². The van der Waals surface area contributed by atoms with Crippen LogP contribution in [0.2, 0.25) is 0 Å². The molecule has 17 heavy (non-hydrogen) atoms. The first kappa shape index (κ1) is 14.4. The number of aliphatic carboxylic acids is 1. The monoisotopic (exact) mass is 372 g/mol. The highest BCUT2D eigenvalue weighted by Crippen LogP contribution is 2.27. The highest BCUT2D eigenvalue weighted by Gasteiger charge is 2.22. The van der Waals surface area contributed by atoms with Crippen molar-refractivity contribution in [3.05, 3.63) is 28.2 Å². The molecule has 0 fully saturated rings. The van der Waals surface area contributed by atoms with Gasteiger partial charge in [0.05, 0.1) is 4.47 Å². The Balaban J connectivity index is 2.94. The van der Waals surface area contributed by atoms with Crippen molar-refractivity contribution >= 4 is 37.8 Å². The first-order valence-corrected chi connectivity index (χ1v) is 6.47. The normalized spacial score (nSPS) is 12.2. The molecule has 0 aliphatic rings.